The van der Waals surface area contributed by atoms with Crippen molar-refractivity contribution in [2.24, 2.45) is 5.92 Å². The molecule has 2 aromatic rings. The number of carbonyl (C=O) groups excluding carboxylic acids is 1. The maximum absolute atomic E-state index is 12.4. The van der Waals surface area contributed by atoms with Crippen molar-refractivity contribution < 1.29 is 9.48 Å². The first-order valence-electron chi connectivity index (χ1n) is 8.50. The summed E-state index contributed by atoms with van der Waals surface area (Å²) >= 11 is 0. The molecule has 2 aromatic carbocycles. The molecular weight excluding hydrogens is 284 g/mol. The molecule has 2 atom stereocenters. The number of rotatable bonds is 0. The van der Waals surface area contributed by atoms with E-state index in [-0.39, 0.29) is 11.8 Å². The van der Waals surface area contributed by atoms with Crippen LogP contribution in [0.2, 0.25) is 0 Å². The molecule has 1 heterocycles. The highest BCUT2D eigenvalue weighted by atomic mass is 16.2. The largest absolute Gasteiger partial charge is 0.284 e. The Morgan fingerprint density at radius 1 is 0.826 bits per heavy atom. The molecule has 2 aliphatic carbocycles. The van der Waals surface area contributed by atoms with Gasteiger partial charge in [0.2, 0.25) is 5.71 Å². The zero-order valence-corrected chi connectivity index (χ0v) is 13.0. The molecule has 1 saturated carbocycles. The Balaban J connectivity index is 1.78. The van der Waals surface area contributed by atoms with Gasteiger partial charge in [0.1, 0.15) is 5.92 Å². The summed E-state index contributed by atoms with van der Waals surface area (Å²) in [6.07, 6.45) is 4.49. The van der Waals surface area contributed by atoms with Crippen LogP contribution in [0.15, 0.2) is 48.5 Å². The Bertz CT molecular complexity index is 805. The molecule has 114 valence electrons. The number of hydrogen-bond donors (Lipinski definition) is 1. The average Bonchev–Trinajstić information content (AvgIpc) is 3.11. The molecule has 1 saturated heterocycles. The molecule has 1 amide bonds. The van der Waals surface area contributed by atoms with Gasteiger partial charge in [0, 0.05) is 6.42 Å². The average molecular weight is 303 g/mol. The first-order chi connectivity index (χ1) is 11.3. The second-order valence-corrected chi connectivity index (χ2v) is 6.74. The van der Waals surface area contributed by atoms with Gasteiger partial charge in [-0.1, -0.05) is 42.8 Å². The number of hydrazone groups is 1. The molecule has 5 rings (SSSR count). The highest BCUT2D eigenvalue weighted by molar-refractivity contribution is 6.22. The van der Waals surface area contributed by atoms with Gasteiger partial charge in [0.15, 0.2) is 6.04 Å². The van der Waals surface area contributed by atoms with Crippen LogP contribution in [-0.4, -0.2) is 22.3 Å². The summed E-state index contributed by atoms with van der Waals surface area (Å²) in [5.74, 6) is 0.347. The van der Waals surface area contributed by atoms with Crippen molar-refractivity contribution in [3.8, 4) is 11.1 Å². The molecule has 23 heavy (non-hydrogen) atoms. The minimum absolute atomic E-state index is 0.149. The van der Waals surface area contributed by atoms with Crippen molar-refractivity contribution in [1.29, 1.82) is 0 Å². The van der Waals surface area contributed by atoms with Gasteiger partial charge in [-0.25, -0.2) is 0 Å². The van der Waals surface area contributed by atoms with Gasteiger partial charge in [0.25, 0.3) is 5.91 Å². The van der Waals surface area contributed by atoms with Gasteiger partial charge < -0.3 is 0 Å². The van der Waals surface area contributed by atoms with E-state index < -0.39 is 0 Å². The summed E-state index contributed by atoms with van der Waals surface area (Å²) in [6.45, 7) is 0. The van der Waals surface area contributed by atoms with Crippen molar-refractivity contribution in [3.63, 3.8) is 0 Å². The van der Waals surface area contributed by atoms with Crippen LogP contribution < -0.4 is 5.43 Å². The first-order valence-corrected chi connectivity index (χ1v) is 8.50. The number of nitrogens with one attached hydrogen (secondary N) is 1. The molecule has 1 N–H and O–H groups in total. The minimum atomic E-state index is 0.149. The lowest BCUT2D eigenvalue weighted by molar-refractivity contribution is -0.598. The van der Waals surface area contributed by atoms with Crippen LogP contribution in [0.5, 0.6) is 0 Å². The van der Waals surface area contributed by atoms with Crippen molar-refractivity contribution >= 4 is 11.6 Å². The fourth-order valence-electron chi connectivity index (χ4n) is 4.49. The zero-order chi connectivity index (χ0) is 15.4. The molecule has 2 fully saturated rings. The van der Waals surface area contributed by atoms with E-state index in [4.69, 9.17) is 0 Å². The molecule has 0 spiro atoms. The van der Waals surface area contributed by atoms with Crippen LogP contribution in [0, 0.1) is 5.92 Å². The van der Waals surface area contributed by atoms with Gasteiger partial charge in [-0.2, -0.15) is 0 Å². The lowest BCUT2D eigenvalue weighted by atomic mass is 9.85. The van der Waals surface area contributed by atoms with Crippen LogP contribution in [0.3, 0.4) is 0 Å². The fraction of sp³-hybridized carbons (Fsp3) is 0.300. The SMILES string of the molecule is O=C1N[N+](=C2c3ccccc3-c3ccccc32)C2CCCCC12. The second kappa shape index (κ2) is 4.79. The smallest absolute Gasteiger partial charge is 0.269 e. The highest BCUT2D eigenvalue weighted by Crippen LogP contribution is 2.38. The normalized spacial score (nSPS) is 25.0. The van der Waals surface area contributed by atoms with Gasteiger partial charge in [0.05, 0.1) is 11.1 Å². The van der Waals surface area contributed by atoms with E-state index in [2.05, 4.69) is 58.6 Å². The molecule has 1 aliphatic heterocycles. The summed E-state index contributed by atoms with van der Waals surface area (Å²) < 4.78 is 2.18. The lowest BCUT2D eigenvalue weighted by Gasteiger charge is -2.18. The number of hydrogen-bond acceptors (Lipinski definition) is 1. The summed E-state index contributed by atoms with van der Waals surface area (Å²) in [6, 6.07) is 17.3. The molecule has 3 heteroatoms. The Hall–Kier alpha value is -2.42. The number of benzene rings is 2. The highest BCUT2D eigenvalue weighted by Gasteiger charge is 2.49. The van der Waals surface area contributed by atoms with E-state index in [0.29, 0.717) is 6.04 Å². The summed E-state index contributed by atoms with van der Waals surface area (Å²) in [5, 5.41) is 0. The van der Waals surface area contributed by atoms with Crippen LogP contribution in [0.4, 0.5) is 0 Å². The van der Waals surface area contributed by atoms with Crippen molar-refractivity contribution in [1.82, 2.24) is 5.43 Å². The number of amides is 1. The first kappa shape index (κ1) is 13.1. The van der Waals surface area contributed by atoms with Crippen LogP contribution in [-0.2, 0) is 4.79 Å². The van der Waals surface area contributed by atoms with E-state index in [9.17, 15) is 4.79 Å². The van der Waals surface area contributed by atoms with E-state index in [1.54, 1.807) is 0 Å². The zero-order valence-electron chi connectivity index (χ0n) is 13.0. The molecule has 3 nitrogen and oxygen atoms in total. The Morgan fingerprint density at radius 2 is 1.39 bits per heavy atom. The van der Waals surface area contributed by atoms with Gasteiger partial charge in [-0.3, -0.25) is 4.79 Å². The van der Waals surface area contributed by atoms with Crippen molar-refractivity contribution in [2.75, 3.05) is 0 Å². The number of nitrogens with zero attached hydrogens (tertiary/aromatic N) is 1. The van der Waals surface area contributed by atoms with E-state index in [1.165, 1.54) is 40.8 Å². The van der Waals surface area contributed by atoms with Gasteiger partial charge in [-0.15, -0.1) is 10.1 Å². The third kappa shape index (κ3) is 1.76. The third-order valence-corrected chi connectivity index (χ3v) is 5.52. The second-order valence-electron chi connectivity index (χ2n) is 6.74. The summed E-state index contributed by atoms with van der Waals surface area (Å²) in [4.78, 5) is 12.4. The van der Waals surface area contributed by atoms with E-state index in [0.717, 1.165) is 12.8 Å². The molecule has 2 unspecified atom stereocenters. The third-order valence-electron chi connectivity index (χ3n) is 5.52. The number of hydrazine groups is 1. The summed E-state index contributed by atoms with van der Waals surface area (Å²) in [7, 11) is 0. The van der Waals surface area contributed by atoms with Gasteiger partial charge in [-0.05, 0) is 36.1 Å². The van der Waals surface area contributed by atoms with Crippen LogP contribution in [0.1, 0.15) is 36.8 Å². The Labute approximate surface area is 135 Å². The Morgan fingerprint density at radius 3 is 2.04 bits per heavy atom. The molecule has 0 aromatic heterocycles. The minimum Gasteiger partial charge on any atom is -0.269 e. The Kier molecular flexibility index (Phi) is 2.72. The van der Waals surface area contributed by atoms with Crippen molar-refractivity contribution in [3.05, 3.63) is 59.7 Å². The topological polar surface area (TPSA) is 32.1 Å². The molecule has 0 radical (unpaired) electrons. The molecule has 0 bridgehead atoms. The van der Waals surface area contributed by atoms with E-state index >= 15 is 0 Å². The van der Waals surface area contributed by atoms with Crippen LogP contribution in [0.25, 0.3) is 11.1 Å². The molecular formula is C20H19N2O+. The van der Waals surface area contributed by atoms with Crippen LogP contribution >= 0.6 is 0 Å². The predicted molar refractivity (Wildman–Crippen MR) is 89.2 cm³/mol. The number of carbonyl (C=O) groups is 1. The standard InChI is InChI=1S/C20H18N2O/c23-20-17-11-5-6-12-18(17)22(21-20)19-15-9-3-1-7-13(15)14-8-2-4-10-16(14)19/h1-4,7-10,17-18H,5-6,11-12H2/p+1. The number of fused-ring (bicyclic) bond motifs is 4. The maximum atomic E-state index is 12.4. The predicted octanol–water partition coefficient (Wildman–Crippen LogP) is 3.12. The maximum Gasteiger partial charge on any atom is 0.284 e. The quantitative estimate of drug-likeness (QED) is 0.636. The van der Waals surface area contributed by atoms with E-state index in [1.807, 2.05) is 0 Å². The summed E-state index contributed by atoms with van der Waals surface area (Å²) in [5.41, 5.74) is 9.37. The lowest BCUT2D eigenvalue weighted by Crippen LogP contribution is -2.36. The van der Waals surface area contributed by atoms with Crippen molar-refractivity contribution in [2.45, 2.75) is 31.7 Å². The van der Waals surface area contributed by atoms with Gasteiger partial charge >= 0.3 is 0 Å². The fourth-order valence-corrected chi connectivity index (χ4v) is 4.49. The molecule has 3 aliphatic rings. The monoisotopic (exact) mass is 303 g/mol.